The van der Waals surface area contributed by atoms with Crippen molar-refractivity contribution in [1.29, 1.82) is 0 Å². The highest BCUT2D eigenvalue weighted by molar-refractivity contribution is 5.25. The van der Waals surface area contributed by atoms with E-state index in [-0.39, 0.29) is 13.2 Å². The molecule has 0 aromatic carbocycles. The first kappa shape index (κ1) is 8.59. The third-order valence-electron chi connectivity index (χ3n) is 2.23. The van der Waals surface area contributed by atoms with Gasteiger partial charge in [-0.05, 0) is 13.0 Å². The number of aromatic nitrogens is 1. The van der Waals surface area contributed by atoms with Crippen LogP contribution >= 0.6 is 0 Å². The second-order valence-corrected chi connectivity index (χ2v) is 3.36. The van der Waals surface area contributed by atoms with Gasteiger partial charge < -0.3 is 9.84 Å². The molecule has 4 heteroatoms. The third kappa shape index (κ3) is 1.32. The monoisotopic (exact) mass is 183 g/mol. The highest BCUT2D eigenvalue weighted by Crippen LogP contribution is 2.29. The number of aryl methyl sites for hydroxylation is 1. The summed E-state index contributed by atoms with van der Waals surface area (Å²) in [6, 6.07) is 1.60. The molecule has 0 saturated carbocycles. The lowest BCUT2D eigenvalue weighted by Gasteiger charge is -2.36. The van der Waals surface area contributed by atoms with Gasteiger partial charge in [-0.2, -0.15) is 4.39 Å². The molecular weight excluding hydrogens is 173 g/mol. The Morgan fingerprint density at radius 3 is 2.77 bits per heavy atom. The molecule has 1 saturated heterocycles. The zero-order chi connectivity index (χ0) is 9.47. The van der Waals surface area contributed by atoms with Crippen LogP contribution in [0.5, 0.6) is 0 Å². The largest absolute Gasteiger partial charge is 0.380 e. The van der Waals surface area contributed by atoms with Gasteiger partial charge in [0.2, 0.25) is 5.95 Å². The average molecular weight is 183 g/mol. The van der Waals surface area contributed by atoms with Crippen molar-refractivity contribution in [3.05, 3.63) is 29.3 Å². The lowest BCUT2D eigenvalue weighted by Crippen LogP contribution is -2.46. The van der Waals surface area contributed by atoms with Crippen molar-refractivity contribution in [2.75, 3.05) is 13.2 Å². The fourth-order valence-corrected chi connectivity index (χ4v) is 1.27. The molecule has 70 valence electrons. The molecule has 0 atom stereocenters. The predicted molar refractivity (Wildman–Crippen MR) is 43.6 cm³/mol. The van der Waals surface area contributed by atoms with Crippen LogP contribution in [0.25, 0.3) is 0 Å². The molecule has 0 aliphatic carbocycles. The summed E-state index contributed by atoms with van der Waals surface area (Å²) < 4.78 is 17.7. The van der Waals surface area contributed by atoms with Gasteiger partial charge in [-0.3, -0.25) is 0 Å². The minimum absolute atomic E-state index is 0.264. The van der Waals surface area contributed by atoms with Crippen molar-refractivity contribution in [2.24, 2.45) is 0 Å². The van der Waals surface area contributed by atoms with Gasteiger partial charge in [0, 0.05) is 17.3 Å². The minimum atomic E-state index is -0.953. The van der Waals surface area contributed by atoms with Crippen LogP contribution in [0.2, 0.25) is 0 Å². The van der Waals surface area contributed by atoms with Gasteiger partial charge in [-0.15, -0.1) is 0 Å². The number of hydrogen-bond donors (Lipinski definition) is 1. The van der Waals surface area contributed by atoms with Crippen molar-refractivity contribution < 1.29 is 14.2 Å². The lowest BCUT2D eigenvalue weighted by atomic mass is 9.93. The van der Waals surface area contributed by atoms with Gasteiger partial charge in [0.05, 0.1) is 13.2 Å². The van der Waals surface area contributed by atoms with Crippen molar-refractivity contribution in [3.63, 3.8) is 0 Å². The number of halogens is 1. The van der Waals surface area contributed by atoms with Crippen LogP contribution in [0, 0.1) is 12.9 Å². The fraction of sp³-hybridized carbons (Fsp3) is 0.444. The highest BCUT2D eigenvalue weighted by atomic mass is 19.1. The molecule has 1 aliphatic heterocycles. The SMILES string of the molecule is Cc1cc(C2(O)COC2)cnc1F. The van der Waals surface area contributed by atoms with E-state index in [1.165, 1.54) is 6.20 Å². The molecule has 0 unspecified atom stereocenters. The minimum Gasteiger partial charge on any atom is -0.380 e. The third-order valence-corrected chi connectivity index (χ3v) is 2.23. The summed E-state index contributed by atoms with van der Waals surface area (Å²) in [6.45, 7) is 2.15. The van der Waals surface area contributed by atoms with Gasteiger partial charge >= 0.3 is 0 Å². The molecule has 1 aromatic rings. The van der Waals surface area contributed by atoms with Crippen LogP contribution in [0.1, 0.15) is 11.1 Å². The Hall–Kier alpha value is -1.00. The van der Waals surface area contributed by atoms with Crippen molar-refractivity contribution in [1.82, 2.24) is 4.98 Å². The lowest BCUT2D eigenvalue weighted by molar-refractivity contribution is -0.184. The van der Waals surface area contributed by atoms with E-state index < -0.39 is 11.5 Å². The van der Waals surface area contributed by atoms with E-state index in [9.17, 15) is 9.50 Å². The van der Waals surface area contributed by atoms with Gasteiger partial charge in [0.15, 0.2) is 0 Å². The molecule has 0 amide bonds. The van der Waals surface area contributed by atoms with Crippen LogP contribution in [0.4, 0.5) is 4.39 Å². The predicted octanol–water partition coefficient (Wildman–Crippen LogP) is 0.747. The maximum Gasteiger partial charge on any atom is 0.215 e. The number of ether oxygens (including phenoxy) is 1. The van der Waals surface area contributed by atoms with Crippen LogP contribution in [-0.4, -0.2) is 23.3 Å². The molecule has 1 aromatic heterocycles. The first-order valence-corrected chi connectivity index (χ1v) is 4.04. The van der Waals surface area contributed by atoms with E-state index in [4.69, 9.17) is 4.74 Å². The van der Waals surface area contributed by atoms with Crippen LogP contribution in [-0.2, 0) is 10.3 Å². The van der Waals surface area contributed by atoms with Gasteiger partial charge in [0.1, 0.15) is 5.60 Å². The van der Waals surface area contributed by atoms with Crippen molar-refractivity contribution in [3.8, 4) is 0 Å². The molecule has 1 N–H and O–H groups in total. The number of nitrogens with zero attached hydrogens (tertiary/aromatic N) is 1. The highest BCUT2D eigenvalue weighted by Gasteiger charge is 2.38. The standard InChI is InChI=1S/C9H10FNO2/c1-6-2-7(3-11-8(6)10)9(12)4-13-5-9/h2-3,12H,4-5H2,1H3. The first-order valence-electron chi connectivity index (χ1n) is 4.04. The average Bonchev–Trinajstić information content (AvgIpc) is 2.06. The van der Waals surface area contributed by atoms with Gasteiger partial charge in [0.25, 0.3) is 0 Å². The second kappa shape index (κ2) is 2.75. The summed E-state index contributed by atoms with van der Waals surface area (Å²) in [6.07, 6.45) is 1.35. The van der Waals surface area contributed by atoms with Crippen molar-refractivity contribution >= 4 is 0 Å². The summed E-state index contributed by atoms with van der Waals surface area (Å²) >= 11 is 0. The van der Waals surface area contributed by atoms with Gasteiger partial charge in [-0.25, -0.2) is 4.98 Å². The summed E-state index contributed by atoms with van der Waals surface area (Å²) in [5, 5.41) is 9.81. The number of rotatable bonds is 1. The number of hydrogen-bond acceptors (Lipinski definition) is 3. The molecule has 2 rings (SSSR count). The first-order chi connectivity index (χ1) is 6.12. The van der Waals surface area contributed by atoms with E-state index in [1.807, 2.05) is 0 Å². The van der Waals surface area contributed by atoms with Crippen molar-refractivity contribution in [2.45, 2.75) is 12.5 Å². The molecule has 2 heterocycles. The Bertz CT molecular complexity index is 336. The Balaban J connectivity index is 2.36. The molecule has 1 fully saturated rings. The topological polar surface area (TPSA) is 42.4 Å². The molecular formula is C9H10FNO2. The van der Waals surface area contributed by atoms with E-state index >= 15 is 0 Å². The Morgan fingerprint density at radius 1 is 1.62 bits per heavy atom. The molecule has 0 radical (unpaired) electrons. The Kier molecular flexibility index (Phi) is 1.82. The Labute approximate surface area is 75.2 Å². The number of aliphatic hydroxyl groups is 1. The summed E-state index contributed by atoms with van der Waals surface area (Å²) in [5.41, 5.74) is 0.112. The second-order valence-electron chi connectivity index (χ2n) is 3.36. The fourth-order valence-electron chi connectivity index (χ4n) is 1.27. The zero-order valence-corrected chi connectivity index (χ0v) is 7.25. The smallest absolute Gasteiger partial charge is 0.215 e. The van der Waals surface area contributed by atoms with Gasteiger partial charge in [-0.1, -0.05) is 0 Å². The molecule has 3 nitrogen and oxygen atoms in total. The molecule has 1 aliphatic rings. The maximum absolute atomic E-state index is 12.8. The quantitative estimate of drug-likeness (QED) is 0.653. The van der Waals surface area contributed by atoms with E-state index in [2.05, 4.69) is 4.98 Å². The normalized spacial score (nSPS) is 19.6. The molecule has 13 heavy (non-hydrogen) atoms. The van der Waals surface area contributed by atoms with Crippen LogP contribution in [0.3, 0.4) is 0 Å². The zero-order valence-electron chi connectivity index (χ0n) is 7.25. The summed E-state index contributed by atoms with van der Waals surface area (Å²) in [7, 11) is 0. The maximum atomic E-state index is 12.8. The van der Waals surface area contributed by atoms with Crippen LogP contribution < -0.4 is 0 Å². The van der Waals surface area contributed by atoms with E-state index in [1.54, 1.807) is 13.0 Å². The molecule has 0 bridgehead atoms. The summed E-state index contributed by atoms with van der Waals surface area (Å²) in [5.74, 6) is -0.493. The van der Waals surface area contributed by atoms with E-state index in [0.29, 0.717) is 11.1 Å². The number of pyridine rings is 1. The van der Waals surface area contributed by atoms with E-state index in [0.717, 1.165) is 0 Å². The summed E-state index contributed by atoms with van der Waals surface area (Å²) in [4.78, 5) is 3.54. The Morgan fingerprint density at radius 2 is 2.31 bits per heavy atom. The molecule has 0 spiro atoms. The van der Waals surface area contributed by atoms with Crippen LogP contribution in [0.15, 0.2) is 12.3 Å².